The zero-order chi connectivity index (χ0) is 27.9. The Hall–Kier alpha value is -3.81. The molecule has 0 saturated carbocycles. The molecule has 1 amide bonds. The van der Waals surface area contributed by atoms with Crippen molar-refractivity contribution in [3.05, 3.63) is 88.5 Å². The Balaban J connectivity index is 1.51. The molecule has 0 fully saturated rings. The molecule has 0 spiro atoms. The number of alkyl halides is 3. The van der Waals surface area contributed by atoms with E-state index in [9.17, 15) is 22.8 Å². The average Bonchev–Trinajstić information content (AvgIpc) is 2.83. The zero-order valence-corrected chi connectivity index (χ0v) is 21.7. The Morgan fingerprint density at radius 3 is 2.13 bits per heavy atom. The van der Waals surface area contributed by atoms with E-state index >= 15 is 0 Å². The number of carbonyl (C=O) groups excluding carboxylic acids is 1. The predicted molar refractivity (Wildman–Crippen MR) is 140 cm³/mol. The van der Waals surface area contributed by atoms with E-state index in [2.05, 4.69) is 12.2 Å². The van der Waals surface area contributed by atoms with Crippen LogP contribution in [0, 0.1) is 19.8 Å². The van der Waals surface area contributed by atoms with Gasteiger partial charge in [-0.1, -0.05) is 31.2 Å². The predicted octanol–water partition coefficient (Wildman–Crippen LogP) is 6.84. The number of aryl methyl sites for hydroxylation is 2. The lowest BCUT2D eigenvalue weighted by molar-refractivity contribution is -0.138. The van der Waals surface area contributed by atoms with Crippen LogP contribution < -0.4 is 10.1 Å². The van der Waals surface area contributed by atoms with Gasteiger partial charge in [-0.25, -0.2) is 0 Å². The fourth-order valence-corrected chi connectivity index (χ4v) is 4.35. The highest BCUT2D eigenvalue weighted by atomic mass is 19.4. The van der Waals surface area contributed by atoms with Crippen molar-refractivity contribution >= 4 is 11.9 Å². The second kappa shape index (κ2) is 12.6. The maximum absolute atomic E-state index is 12.9. The van der Waals surface area contributed by atoms with E-state index in [-0.39, 0.29) is 18.9 Å². The highest BCUT2D eigenvalue weighted by molar-refractivity contribution is 5.94. The van der Waals surface area contributed by atoms with E-state index in [4.69, 9.17) is 9.84 Å². The van der Waals surface area contributed by atoms with E-state index in [0.717, 1.165) is 58.5 Å². The number of carboxylic acid groups (broad SMARTS) is 1. The van der Waals surface area contributed by atoms with Crippen molar-refractivity contribution in [2.45, 2.75) is 46.2 Å². The van der Waals surface area contributed by atoms with Crippen LogP contribution in [-0.4, -0.2) is 30.1 Å². The normalized spacial score (nSPS) is 12.2. The number of amides is 1. The smallest absolute Gasteiger partial charge is 0.416 e. The number of benzene rings is 3. The summed E-state index contributed by atoms with van der Waals surface area (Å²) in [5, 5.41) is 11.2. The van der Waals surface area contributed by atoms with Crippen LogP contribution in [0.5, 0.6) is 5.75 Å². The molecule has 0 heterocycles. The van der Waals surface area contributed by atoms with Crippen LogP contribution in [0.2, 0.25) is 0 Å². The first-order valence-electron chi connectivity index (χ1n) is 12.4. The first-order chi connectivity index (χ1) is 17.9. The number of nitrogens with one attached hydrogen (secondary N) is 1. The van der Waals surface area contributed by atoms with Gasteiger partial charge in [0, 0.05) is 12.1 Å². The summed E-state index contributed by atoms with van der Waals surface area (Å²) in [5.41, 5.74) is 4.41. The van der Waals surface area contributed by atoms with Gasteiger partial charge in [0.1, 0.15) is 5.75 Å². The van der Waals surface area contributed by atoms with Crippen LogP contribution in [0.4, 0.5) is 13.2 Å². The second-order valence-electron chi connectivity index (χ2n) is 9.55. The van der Waals surface area contributed by atoms with Gasteiger partial charge in [-0.05, 0) is 96.8 Å². The van der Waals surface area contributed by atoms with Crippen LogP contribution in [0.15, 0.2) is 60.7 Å². The van der Waals surface area contributed by atoms with E-state index in [1.54, 1.807) is 12.1 Å². The maximum atomic E-state index is 12.9. The molecule has 1 atom stereocenters. The van der Waals surface area contributed by atoms with E-state index < -0.39 is 17.7 Å². The van der Waals surface area contributed by atoms with Crippen molar-refractivity contribution in [2.75, 3.05) is 13.2 Å². The summed E-state index contributed by atoms with van der Waals surface area (Å²) in [6, 6.07) is 16.3. The minimum absolute atomic E-state index is 0.0871. The molecular formula is C30H32F3NO4. The monoisotopic (exact) mass is 527 g/mol. The third-order valence-corrected chi connectivity index (χ3v) is 6.31. The molecule has 0 aliphatic rings. The summed E-state index contributed by atoms with van der Waals surface area (Å²) >= 11 is 0. The molecule has 38 heavy (non-hydrogen) atoms. The largest absolute Gasteiger partial charge is 0.494 e. The Morgan fingerprint density at radius 1 is 0.974 bits per heavy atom. The first kappa shape index (κ1) is 28.8. The molecule has 3 rings (SSSR count). The molecule has 0 aromatic heterocycles. The van der Waals surface area contributed by atoms with Gasteiger partial charge in [0.05, 0.1) is 18.6 Å². The number of carboxylic acids is 1. The van der Waals surface area contributed by atoms with Crippen molar-refractivity contribution in [2.24, 2.45) is 5.92 Å². The van der Waals surface area contributed by atoms with Crippen LogP contribution in [0.1, 0.15) is 52.4 Å². The number of aliphatic carboxylic acids is 1. The molecule has 0 bridgehead atoms. The van der Waals surface area contributed by atoms with Crippen LogP contribution in [0.25, 0.3) is 11.1 Å². The molecule has 3 aromatic rings. The number of halogens is 3. The fourth-order valence-electron chi connectivity index (χ4n) is 4.35. The minimum Gasteiger partial charge on any atom is -0.494 e. The van der Waals surface area contributed by atoms with Gasteiger partial charge in [-0.3, -0.25) is 9.59 Å². The molecular weight excluding hydrogens is 495 g/mol. The molecule has 0 aliphatic carbocycles. The molecule has 0 aliphatic heterocycles. The minimum atomic E-state index is -4.36. The van der Waals surface area contributed by atoms with Gasteiger partial charge in [0.2, 0.25) is 0 Å². The Kier molecular flexibility index (Phi) is 9.55. The highest BCUT2D eigenvalue weighted by Crippen LogP contribution is 2.34. The van der Waals surface area contributed by atoms with Gasteiger partial charge in [0.15, 0.2) is 0 Å². The van der Waals surface area contributed by atoms with Crippen molar-refractivity contribution < 1.29 is 32.6 Å². The van der Waals surface area contributed by atoms with Gasteiger partial charge < -0.3 is 15.2 Å². The number of hydrogen-bond donors (Lipinski definition) is 2. The Morgan fingerprint density at radius 2 is 1.58 bits per heavy atom. The lowest BCUT2D eigenvalue weighted by Gasteiger charge is -2.16. The Labute approximate surface area is 220 Å². The third kappa shape index (κ3) is 8.10. The zero-order valence-electron chi connectivity index (χ0n) is 21.7. The maximum Gasteiger partial charge on any atom is 0.416 e. The van der Waals surface area contributed by atoms with Gasteiger partial charge in [0.25, 0.3) is 5.91 Å². The molecule has 1 unspecified atom stereocenters. The average molecular weight is 528 g/mol. The fraction of sp³-hybridized carbons (Fsp3) is 0.333. The Bertz CT molecular complexity index is 1230. The lowest BCUT2D eigenvalue weighted by atomic mass is 9.94. The van der Waals surface area contributed by atoms with Crippen LogP contribution in [0.3, 0.4) is 0 Å². The van der Waals surface area contributed by atoms with Crippen molar-refractivity contribution in [3.8, 4) is 16.9 Å². The van der Waals surface area contributed by atoms with E-state index in [1.165, 1.54) is 12.1 Å². The SMILES string of the molecule is Cc1cc(OCCC(C)Cc2ccc(C(=O)NCCC(=O)O)cc2)cc(C)c1-c1ccc(C(F)(F)F)cc1. The molecule has 0 radical (unpaired) electrons. The number of rotatable bonds is 11. The summed E-state index contributed by atoms with van der Waals surface area (Å²) in [6.45, 7) is 6.57. The highest BCUT2D eigenvalue weighted by Gasteiger charge is 2.30. The molecule has 202 valence electrons. The van der Waals surface area contributed by atoms with Gasteiger partial charge in [-0.2, -0.15) is 13.2 Å². The van der Waals surface area contributed by atoms with Crippen molar-refractivity contribution in [3.63, 3.8) is 0 Å². The molecule has 3 aromatic carbocycles. The summed E-state index contributed by atoms with van der Waals surface area (Å²) in [6.07, 6.45) is -2.85. The van der Waals surface area contributed by atoms with Crippen LogP contribution >= 0.6 is 0 Å². The molecule has 0 saturated heterocycles. The third-order valence-electron chi connectivity index (χ3n) is 6.31. The second-order valence-corrected chi connectivity index (χ2v) is 9.55. The standard InChI is InChI=1S/C30H32F3NO4/c1-19(16-22-4-6-24(7-5-22)29(37)34-14-12-27(35)36)13-15-38-26-17-20(2)28(21(3)18-26)23-8-10-25(11-9-23)30(31,32)33/h4-11,17-19H,12-16H2,1-3H3,(H,34,37)(H,35,36). The topological polar surface area (TPSA) is 75.6 Å². The van der Waals surface area contributed by atoms with Crippen LogP contribution in [-0.2, 0) is 17.4 Å². The molecule has 5 nitrogen and oxygen atoms in total. The number of hydrogen-bond acceptors (Lipinski definition) is 3. The first-order valence-corrected chi connectivity index (χ1v) is 12.4. The quantitative estimate of drug-likeness (QED) is 0.286. The summed E-state index contributed by atoms with van der Waals surface area (Å²) < 4.78 is 44.7. The summed E-state index contributed by atoms with van der Waals surface area (Å²) in [4.78, 5) is 22.6. The van der Waals surface area contributed by atoms with Gasteiger partial charge in [-0.15, -0.1) is 0 Å². The lowest BCUT2D eigenvalue weighted by Crippen LogP contribution is -2.25. The van der Waals surface area contributed by atoms with E-state index in [0.29, 0.717) is 18.1 Å². The molecule has 8 heteroatoms. The number of carbonyl (C=O) groups is 2. The number of ether oxygens (including phenoxy) is 1. The van der Waals surface area contributed by atoms with Crippen molar-refractivity contribution in [1.29, 1.82) is 0 Å². The summed E-state index contributed by atoms with van der Waals surface area (Å²) in [7, 11) is 0. The van der Waals surface area contributed by atoms with E-state index in [1.807, 2.05) is 38.1 Å². The summed E-state index contributed by atoms with van der Waals surface area (Å²) in [5.74, 6) is -0.201. The van der Waals surface area contributed by atoms with Crippen molar-refractivity contribution in [1.82, 2.24) is 5.32 Å². The molecule has 2 N–H and O–H groups in total. The van der Waals surface area contributed by atoms with Gasteiger partial charge >= 0.3 is 12.1 Å².